The summed E-state index contributed by atoms with van der Waals surface area (Å²) in [5.74, 6) is 0.676. The summed E-state index contributed by atoms with van der Waals surface area (Å²) in [4.78, 5) is 16.7. The Hall–Kier alpha value is -4.42. The van der Waals surface area contributed by atoms with Gasteiger partial charge in [-0.2, -0.15) is 18.3 Å². The molecule has 5 aromatic rings. The van der Waals surface area contributed by atoms with E-state index >= 15 is 0 Å². The maximum Gasteiger partial charge on any atom is 0.416 e. The number of ether oxygens (including phenoxy) is 2. The zero-order valence-electron chi connectivity index (χ0n) is 23.3. The van der Waals surface area contributed by atoms with Gasteiger partial charge in [0.1, 0.15) is 6.61 Å². The van der Waals surface area contributed by atoms with Crippen molar-refractivity contribution in [3.8, 4) is 11.5 Å². The largest absolute Gasteiger partial charge is 0.490 e. The summed E-state index contributed by atoms with van der Waals surface area (Å²) in [5, 5.41) is 11.2. The average Bonchev–Trinajstić information content (AvgIpc) is 3.42. The SMILES string of the molecule is CCOc1cc(/C=N\NC(=O)Cc2csc(Nc3cccc(C(F)(F)F)c3)n2)cc(Br)c1OCc1ccc2ccccc2c1. The Balaban J connectivity index is 1.18. The fourth-order valence-corrected chi connectivity index (χ4v) is 5.58. The molecule has 1 heterocycles. The van der Waals surface area contributed by atoms with Gasteiger partial charge >= 0.3 is 6.18 Å². The molecule has 44 heavy (non-hydrogen) atoms. The van der Waals surface area contributed by atoms with Crippen LogP contribution >= 0.6 is 27.3 Å². The van der Waals surface area contributed by atoms with Gasteiger partial charge in [-0.1, -0.05) is 42.5 Å². The van der Waals surface area contributed by atoms with Crippen molar-refractivity contribution in [1.29, 1.82) is 0 Å². The molecule has 5 rings (SSSR count). The van der Waals surface area contributed by atoms with Gasteiger partial charge in [0.05, 0.1) is 35.0 Å². The Bertz CT molecular complexity index is 1810. The molecule has 0 saturated heterocycles. The molecule has 226 valence electrons. The Labute approximate surface area is 263 Å². The minimum Gasteiger partial charge on any atom is -0.490 e. The molecule has 0 aliphatic heterocycles. The molecule has 1 amide bonds. The quantitative estimate of drug-likeness (QED) is 0.108. The van der Waals surface area contributed by atoms with Gasteiger partial charge < -0.3 is 14.8 Å². The van der Waals surface area contributed by atoms with Crippen molar-refractivity contribution in [3.63, 3.8) is 0 Å². The van der Waals surface area contributed by atoms with Gasteiger partial charge in [0.25, 0.3) is 0 Å². The lowest BCUT2D eigenvalue weighted by Crippen LogP contribution is -2.20. The Kier molecular flexibility index (Phi) is 9.81. The predicted octanol–water partition coefficient (Wildman–Crippen LogP) is 8.49. The topological polar surface area (TPSA) is 84.8 Å². The van der Waals surface area contributed by atoms with E-state index in [1.807, 2.05) is 25.1 Å². The highest BCUT2D eigenvalue weighted by molar-refractivity contribution is 9.10. The number of nitrogens with zero attached hydrogens (tertiary/aromatic N) is 2. The van der Waals surface area contributed by atoms with Crippen LogP contribution in [0.5, 0.6) is 11.5 Å². The maximum atomic E-state index is 13.0. The first-order valence-corrected chi connectivity index (χ1v) is 15.1. The van der Waals surface area contributed by atoms with E-state index in [4.69, 9.17) is 9.47 Å². The number of nitrogens with one attached hydrogen (secondary N) is 2. The number of hydrogen-bond acceptors (Lipinski definition) is 7. The number of hydrazone groups is 1. The van der Waals surface area contributed by atoms with E-state index in [-0.39, 0.29) is 12.1 Å². The zero-order chi connectivity index (χ0) is 31.1. The van der Waals surface area contributed by atoms with Crippen LogP contribution in [0.25, 0.3) is 10.8 Å². The first kappa shape index (κ1) is 31.0. The monoisotopic (exact) mass is 682 g/mol. The molecule has 7 nitrogen and oxygen atoms in total. The van der Waals surface area contributed by atoms with Crippen molar-refractivity contribution in [1.82, 2.24) is 10.4 Å². The van der Waals surface area contributed by atoms with Crippen molar-refractivity contribution in [3.05, 3.63) is 111 Å². The number of hydrogen-bond donors (Lipinski definition) is 2. The van der Waals surface area contributed by atoms with Crippen LogP contribution < -0.4 is 20.2 Å². The van der Waals surface area contributed by atoms with E-state index in [9.17, 15) is 18.0 Å². The summed E-state index contributed by atoms with van der Waals surface area (Å²) in [6, 6.07) is 22.7. The van der Waals surface area contributed by atoms with E-state index in [2.05, 4.69) is 61.0 Å². The van der Waals surface area contributed by atoms with Gasteiger partial charge in [0, 0.05) is 11.1 Å². The van der Waals surface area contributed by atoms with Crippen molar-refractivity contribution in [2.24, 2.45) is 5.10 Å². The van der Waals surface area contributed by atoms with Gasteiger partial charge in [-0.25, -0.2) is 10.4 Å². The third-order valence-electron chi connectivity index (χ3n) is 6.27. The fraction of sp³-hybridized carbons (Fsp3) is 0.156. The molecule has 12 heteroatoms. The maximum absolute atomic E-state index is 13.0. The second-order valence-electron chi connectivity index (χ2n) is 9.55. The third kappa shape index (κ3) is 8.14. The minimum atomic E-state index is -4.45. The van der Waals surface area contributed by atoms with E-state index in [0.29, 0.717) is 45.6 Å². The lowest BCUT2D eigenvalue weighted by atomic mass is 10.1. The van der Waals surface area contributed by atoms with Crippen LogP contribution in [0.2, 0.25) is 0 Å². The van der Waals surface area contributed by atoms with Crippen LogP contribution in [0.3, 0.4) is 0 Å². The molecular formula is C32H26BrF3N4O3S. The standard InChI is InChI=1S/C32H26BrF3N4O3S/c1-2-42-28-14-21(13-27(33)30(28)43-18-20-10-11-22-6-3-4-7-23(22)12-20)17-37-40-29(41)16-26-19-44-31(39-26)38-25-9-5-8-24(15-25)32(34,35)36/h3-15,17,19H,2,16,18H2,1H3,(H,38,39)(H,40,41)/b37-17-. The lowest BCUT2D eigenvalue weighted by molar-refractivity contribution is -0.137. The van der Waals surface area contributed by atoms with E-state index < -0.39 is 17.6 Å². The molecule has 4 aromatic carbocycles. The number of rotatable bonds is 11. The summed E-state index contributed by atoms with van der Waals surface area (Å²) in [6.07, 6.45) is -3.02. The van der Waals surface area contributed by atoms with Crippen LogP contribution in [0, 0.1) is 0 Å². The number of carbonyl (C=O) groups is 1. The number of fused-ring (bicyclic) bond motifs is 1. The molecular weight excluding hydrogens is 657 g/mol. The molecule has 0 bridgehead atoms. The number of halogens is 4. The predicted molar refractivity (Wildman–Crippen MR) is 170 cm³/mol. The van der Waals surface area contributed by atoms with Gasteiger partial charge in [-0.15, -0.1) is 11.3 Å². The molecule has 0 atom stereocenters. The molecule has 2 N–H and O–H groups in total. The lowest BCUT2D eigenvalue weighted by Gasteiger charge is -2.15. The Morgan fingerprint density at radius 2 is 1.84 bits per heavy atom. The first-order valence-electron chi connectivity index (χ1n) is 13.5. The van der Waals surface area contributed by atoms with Crippen molar-refractivity contribution >= 4 is 61.0 Å². The van der Waals surface area contributed by atoms with E-state index in [1.165, 1.54) is 29.7 Å². The fourth-order valence-electron chi connectivity index (χ4n) is 4.27. The number of benzene rings is 4. The third-order valence-corrected chi connectivity index (χ3v) is 7.66. The van der Waals surface area contributed by atoms with Crippen LogP contribution in [0.1, 0.15) is 29.3 Å². The minimum absolute atomic E-state index is 0.0620. The summed E-state index contributed by atoms with van der Waals surface area (Å²) in [7, 11) is 0. The highest BCUT2D eigenvalue weighted by atomic mass is 79.9. The first-order chi connectivity index (χ1) is 21.2. The van der Waals surface area contributed by atoms with Crippen molar-refractivity contribution in [2.45, 2.75) is 26.1 Å². The Morgan fingerprint density at radius 3 is 2.64 bits per heavy atom. The van der Waals surface area contributed by atoms with Gasteiger partial charge in [0.15, 0.2) is 16.6 Å². The van der Waals surface area contributed by atoms with Crippen LogP contribution in [0.15, 0.2) is 93.8 Å². The smallest absolute Gasteiger partial charge is 0.416 e. The Morgan fingerprint density at radius 1 is 1.02 bits per heavy atom. The highest BCUT2D eigenvalue weighted by Crippen LogP contribution is 2.37. The average molecular weight is 684 g/mol. The number of alkyl halides is 3. The number of thiazole rings is 1. The van der Waals surface area contributed by atoms with Crippen LogP contribution in [-0.4, -0.2) is 23.7 Å². The molecule has 0 aliphatic rings. The van der Waals surface area contributed by atoms with Gasteiger partial charge in [-0.05, 0) is 81.2 Å². The molecule has 0 spiro atoms. The summed E-state index contributed by atoms with van der Waals surface area (Å²) in [5.41, 5.74) is 4.09. The molecule has 0 aliphatic carbocycles. The van der Waals surface area contributed by atoms with Gasteiger partial charge in [0.2, 0.25) is 5.91 Å². The number of carbonyl (C=O) groups excluding carboxylic acids is 1. The van der Waals surface area contributed by atoms with E-state index in [1.54, 1.807) is 17.5 Å². The van der Waals surface area contributed by atoms with E-state index in [0.717, 1.165) is 28.5 Å². The van der Waals surface area contributed by atoms with Crippen LogP contribution in [-0.2, 0) is 24.0 Å². The number of amides is 1. The number of anilines is 2. The second kappa shape index (κ2) is 13.9. The zero-order valence-corrected chi connectivity index (χ0v) is 25.7. The summed E-state index contributed by atoms with van der Waals surface area (Å²) < 4.78 is 51.5. The highest BCUT2D eigenvalue weighted by Gasteiger charge is 2.30. The second-order valence-corrected chi connectivity index (χ2v) is 11.3. The number of aromatic nitrogens is 1. The van der Waals surface area contributed by atoms with Crippen LogP contribution in [0.4, 0.5) is 24.0 Å². The summed E-state index contributed by atoms with van der Waals surface area (Å²) in [6.45, 7) is 2.65. The van der Waals surface area contributed by atoms with Gasteiger partial charge in [-0.3, -0.25) is 4.79 Å². The normalized spacial score (nSPS) is 11.6. The molecule has 0 unspecified atom stereocenters. The molecule has 0 saturated carbocycles. The van der Waals surface area contributed by atoms with Crippen molar-refractivity contribution in [2.75, 3.05) is 11.9 Å². The molecule has 0 fully saturated rings. The molecule has 1 aromatic heterocycles. The summed E-state index contributed by atoms with van der Waals surface area (Å²) >= 11 is 4.74. The molecule has 0 radical (unpaired) electrons. The van der Waals surface area contributed by atoms with Crippen molar-refractivity contribution < 1.29 is 27.4 Å².